The summed E-state index contributed by atoms with van der Waals surface area (Å²) >= 11 is 0. The van der Waals surface area contributed by atoms with E-state index in [0.29, 0.717) is 25.2 Å². The summed E-state index contributed by atoms with van der Waals surface area (Å²) in [5, 5.41) is 0. The van der Waals surface area contributed by atoms with Crippen LogP contribution in [-0.2, 0) is 17.1 Å². The average molecular weight is 348 g/mol. The van der Waals surface area contributed by atoms with Crippen LogP contribution in [0.2, 0.25) is 0 Å². The van der Waals surface area contributed by atoms with E-state index >= 15 is 0 Å². The second-order valence-electron chi connectivity index (χ2n) is 5.31. The maximum atomic E-state index is 12.6. The number of nitrogens with zero attached hydrogens (tertiary/aromatic N) is 2. The molecule has 0 radical (unpaired) electrons. The minimum atomic E-state index is -3.57. The largest absolute Gasteiger partial charge is 0.419 e. The van der Waals surface area contributed by atoms with Gasteiger partial charge in [0.15, 0.2) is 5.58 Å². The van der Waals surface area contributed by atoms with Crippen LogP contribution in [-0.4, -0.2) is 36.9 Å². The maximum Gasteiger partial charge on any atom is 0.419 e. The van der Waals surface area contributed by atoms with E-state index in [9.17, 15) is 13.2 Å². The van der Waals surface area contributed by atoms with E-state index in [0.717, 1.165) is 6.42 Å². The number of hydrogen-bond acceptors (Lipinski definition) is 5. The lowest BCUT2D eigenvalue weighted by Crippen LogP contribution is -2.30. The molecular weight excluding hydrogens is 330 g/mol. The minimum absolute atomic E-state index is 0. The first-order valence-corrected chi connectivity index (χ1v) is 8.17. The van der Waals surface area contributed by atoms with Gasteiger partial charge < -0.3 is 10.2 Å². The summed E-state index contributed by atoms with van der Waals surface area (Å²) in [6.45, 7) is 1.40. The Morgan fingerprint density at radius 2 is 2.14 bits per heavy atom. The summed E-state index contributed by atoms with van der Waals surface area (Å²) < 4.78 is 33.0. The zero-order chi connectivity index (χ0) is 15.2. The first kappa shape index (κ1) is 17.0. The van der Waals surface area contributed by atoms with Crippen molar-refractivity contribution in [2.24, 2.45) is 18.7 Å². The van der Waals surface area contributed by atoms with Gasteiger partial charge in [-0.15, -0.1) is 12.4 Å². The van der Waals surface area contributed by atoms with E-state index in [1.54, 1.807) is 13.1 Å². The highest BCUT2D eigenvalue weighted by Crippen LogP contribution is 2.25. The van der Waals surface area contributed by atoms with Crippen LogP contribution >= 0.6 is 12.4 Å². The third-order valence-electron chi connectivity index (χ3n) is 3.98. The van der Waals surface area contributed by atoms with Crippen LogP contribution in [0, 0.1) is 5.92 Å². The Hall–Kier alpha value is -1.35. The minimum Gasteiger partial charge on any atom is -0.408 e. The number of aryl methyl sites for hydroxylation is 1. The molecule has 7 nitrogen and oxygen atoms in total. The van der Waals surface area contributed by atoms with Crippen molar-refractivity contribution in [1.82, 2.24) is 8.87 Å². The first-order valence-electron chi connectivity index (χ1n) is 6.73. The number of rotatable bonds is 3. The molecule has 1 aliphatic heterocycles. The van der Waals surface area contributed by atoms with E-state index < -0.39 is 15.8 Å². The van der Waals surface area contributed by atoms with Gasteiger partial charge in [-0.3, -0.25) is 4.57 Å². The van der Waals surface area contributed by atoms with Crippen molar-refractivity contribution in [1.29, 1.82) is 0 Å². The average Bonchev–Trinajstić information content (AvgIpc) is 3.05. The quantitative estimate of drug-likeness (QED) is 0.872. The Morgan fingerprint density at radius 3 is 2.77 bits per heavy atom. The fraction of sp³-hybridized carbons (Fsp3) is 0.462. The molecule has 9 heteroatoms. The van der Waals surface area contributed by atoms with Crippen LogP contribution < -0.4 is 11.5 Å². The molecule has 0 amide bonds. The molecule has 1 aliphatic rings. The zero-order valence-electron chi connectivity index (χ0n) is 12.1. The summed E-state index contributed by atoms with van der Waals surface area (Å²) in [6.07, 6.45) is 0.776. The molecule has 0 bridgehead atoms. The molecule has 3 rings (SSSR count). The molecule has 122 valence electrons. The summed E-state index contributed by atoms with van der Waals surface area (Å²) in [5.41, 5.74) is 6.44. The first-order chi connectivity index (χ1) is 9.93. The number of oxazole rings is 1. The Kier molecular flexibility index (Phi) is 4.67. The second kappa shape index (κ2) is 6.04. The molecule has 1 saturated heterocycles. The van der Waals surface area contributed by atoms with Gasteiger partial charge in [0, 0.05) is 26.2 Å². The van der Waals surface area contributed by atoms with Crippen molar-refractivity contribution in [3.05, 3.63) is 28.7 Å². The molecule has 2 aromatic rings. The molecule has 0 saturated carbocycles. The van der Waals surface area contributed by atoms with E-state index in [4.69, 9.17) is 10.2 Å². The lowest BCUT2D eigenvalue weighted by atomic mass is 10.1. The third kappa shape index (κ3) is 2.67. The lowest BCUT2D eigenvalue weighted by Gasteiger charge is -2.16. The van der Waals surface area contributed by atoms with Crippen LogP contribution in [0.25, 0.3) is 11.1 Å². The SMILES string of the molecule is Cl.Cn1c(=O)oc2cc(S(=O)(=O)N3CCC(CN)C3)ccc21. The summed E-state index contributed by atoms with van der Waals surface area (Å²) in [6, 6.07) is 4.49. The van der Waals surface area contributed by atoms with Gasteiger partial charge >= 0.3 is 5.76 Å². The van der Waals surface area contributed by atoms with Gasteiger partial charge in [-0.05, 0) is 31.0 Å². The fourth-order valence-corrected chi connectivity index (χ4v) is 4.18. The molecule has 2 heterocycles. The Morgan fingerprint density at radius 1 is 1.41 bits per heavy atom. The van der Waals surface area contributed by atoms with Gasteiger partial charge in [-0.2, -0.15) is 4.31 Å². The van der Waals surface area contributed by atoms with E-state index in [1.165, 1.54) is 21.0 Å². The van der Waals surface area contributed by atoms with Crippen LogP contribution in [0.4, 0.5) is 0 Å². The summed E-state index contributed by atoms with van der Waals surface area (Å²) in [7, 11) is -1.99. The summed E-state index contributed by atoms with van der Waals surface area (Å²) in [5.74, 6) is -0.304. The Balaban J connectivity index is 0.00000176. The van der Waals surface area contributed by atoms with Crippen LogP contribution in [0.1, 0.15) is 6.42 Å². The van der Waals surface area contributed by atoms with Gasteiger partial charge in [0.1, 0.15) is 0 Å². The maximum absolute atomic E-state index is 12.6. The van der Waals surface area contributed by atoms with Gasteiger partial charge in [0.25, 0.3) is 0 Å². The number of aromatic nitrogens is 1. The zero-order valence-corrected chi connectivity index (χ0v) is 13.7. The number of nitrogens with two attached hydrogens (primary N) is 1. The van der Waals surface area contributed by atoms with E-state index in [2.05, 4.69) is 0 Å². The predicted octanol–water partition coefficient (Wildman–Crippen LogP) is 0.523. The fourth-order valence-electron chi connectivity index (χ4n) is 2.63. The third-order valence-corrected chi connectivity index (χ3v) is 5.84. The van der Waals surface area contributed by atoms with Crippen LogP contribution in [0.3, 0.4) is 0 Å². The lowest BCUT2D eigenvalue weighted by molar-refractivity contribution is 0.459. The molecule has 1 atom stereocenters. The van der Waals surface area contributed by atoms with Gasteiger partial charge in [-0.1, -0.05) is 0 Å². The van der Waals surface area contributed by atoms with Crippen molar-refractivity contribution in [2.75, 3.05) is 19.6 Å². The van der Waals surface area contributed by atoms with Gasteiger partial charge in [0.2, 0.25) is 10.0 Å². The summed E-state index contributed by atoms with van der Waals surface area (Å²) in [4.78, 5) is 11.6. The Bertz CT molecular complexity index is 843. The highest BCUT2D eigenvalue weighted by atomic mass is 35.5. The van der Waals surface area contributed by atoms with Crippen LogP contribution in [0.15, 0.2) is 32.3 Å². The van der Waals surface area contributed by atoms with E-state index in [1.807, 2.05) is 0 Å². The molecule has 2 N–H and O–H groups in total. The standard InChI is InChI=1S/C13H17N3O4S.ClH/c1-15-11-3-2-10(6-12(11)20-13(15)17)21(18,19)16-5-4-9(7-14)8-16;/h2-3,6,9H,4-5,7-8,14H2,1H3;1H. The topological polar surface area (TPSA) is 98.5 Å². The number of hydrogen-bond donors (Lipinski definition) is 1. The molecule has 0 spiro atoms. The monoisotopic (exact) mass is 347 g/mol. The molecule has 1 unspecified atom stereocenters. The smallest absolute Gasteiger partial charge is 0.408 e. The second-order valence-corrected chi connectivity index (χ2v) is 7.25. The number of fused-ring (bicyclic) bond motifs is 1. The molecule has 1 aromatic carbocycles. The van der Waals surface area contributed by atoms with Crippen molar-refractivity contribution in [2.45, 2.75) is 11.3 Å². The molecular formula is C13H18ClN3O4S. The van der Waals surface area contributed by atoms with Gasteiger partial charge in [0.05, 0.1) is 10.4 Å². The van der Waals surface area contributed by atoms with Crippen molar-refractivity contribution in [3.63, 3.8) is 0 Å². The normalized spacial score (nSPS) is 19.5. The van der Waals surface area contributed by atoms with Crippen molar-refractivity contribution in [3.8, 4) is 0 Å². The van der Waals surface area contributed by atoms with Crippen molar-refractivity contribution >= 4 is 33.5 Å². The van der Waals surface area contributed by atoms with E-state index in [-0.39, 0.29) is 28.8 Å². The Labute approximate surface area is 134 Å². The number of benzene rings is 1. The number of halogens is 1. The molecule has 1 fully saturated rings. The molecule has 1 aromatic heterocycles. The van der Waals surface area contributed by atoms with Gasteiger partial charge in [-0.25, -0.2) is 13.2 Å². The molecule has 22 heavy (non-hydrogen) atoms. The number of sulfonamides is 1. The highest BCUT2D eigenvalue weighted by Gasteiger charge is 2.32. The molecule has 0 aliphatic carbocycles. The van der Waals surface area contributed by atoms with Crippen molar-refractivity contribution < 1.29 is 12.8 Å². The predicted molar refractivity (Wildman–Crippen MR) is 84.6 cm³/mol. The van der Waals surface area contributed by atoms with Crippen LogP contribution in [0.5, 0.6) is 0 Å². The highest BCUT2D eigenvalue weighted by molar-refractivity contribution is 7.89.